The first-order valence-electron chi connectivity index (χ1n) is 30.9. The standard InChI is InChI=1S/C62H122O7/c1-9-17-23-29-33-37-43-51-64-57(47-15-7)61(66-53-45-39-35-31-25-19-11-3)59(49-41-27-21-13-5)68-55-63-56-69-60(50-42-28-22-14-6)62(67-54-46-40-36-32-26-20-12-4)58(48-16-8)65-52-44-38-34-30-24-18-10-2/h59-60H,9-56H2,1-8H3. The van der Waals surface area contributed by atoms with E-state index in [1.165, 1.54) is 193 Å². The number of ether oxygens (including phenoxy) is 7. The van der Waals surface area contributed by atoms with E-state index in [1.807, 2.05) is 0 Å². The van der Waals surface area contributed by atoms with Crippen LogP contribution in [-0.2, 0) is 33.2 Å². The topological polar surface area (TPSA) is 64.6 Å². The van der Waals surface area contributed by atoms with Crippen LogP contribution < -0.4 is 0 Å². The number of rotatable bonds is 58. The summed E-state index contributed by atoms with van der Waals surface area (Å²) in [6.45, 7) is 21.3. The Morgan fingerprint density at radius 1 is 0.261 bits per heavy atom. The molecule has 0 saturated carbocycles. The van der Waals surface area contributed by atoms with Gasteiger partial charge in [-0.2, -0.15) is 0 Å². The van der Waals surface area contributed by atoms with Gasteiger partial charge in [-0.25, -0.2) is 0 Å². The second kappa shape index (κ2) is 55.9. The zero-order valence-corrected chi connectivity index (χ0v) is 48.0. The van der Waals surface area contributed by atoms with Crippen LogP contribution in [0.5, 0.6) is 0 Å². The van der Waals surface area contributed by atoms with Gasteiger partial charge in [-0.05, 0) is 51.4 Å². The summed E-state index contributed by atoms with van der Waals surface area (Å²) in [7, 11) is 0. The lowest BCUT2D eigenvalue weighted by molar-refractivity contribution is -0.167. The van der Waals surface area contributed by atoms with Crippen molar-refractivity contribution in [1.29, 1.82) is 0 Å². The fourth-order valence-corrected chi connectivity index (χ4v) is 9.07. The number of allylic oxidation sites excluding steroid dienone is 2. The zero-order chi connectivity index (χ0) is 50.4. The summed E-state index contributed by atoms with van der Waals surface area (Å²) < 4.78 is 46.9. The van der Waals surface area contributed by atoms with Crippen molar-refractivity contribution in [3.63, 3.8) is 0 Å². The molecule has 0 saturated heterocycles. The van der Waals surface area contributed by atoms with Gasteiger partial charge in [0.1, 0.15) is 23.7 Å². The van der Waals surface area contributed by atoms with E-state index < -0.39 is 0 Å². The van der Waals surface area contributed by atoms with E-state index in [-0.39, 0.29) is 25.8 Å². The summed E-state index contributed by atoms with van der Waals surface area (Å²) >= 11 is 0. The van der Waals surface area contributed by atoms with Gasteiger partial charge in [0.05, 0.1) is 26.4 Å². The first-order chi connectivity index (χ1) is 34.1. The highest BCUT2D eigenvalue weighted by Gasteiger charge is 2.25. The van der Waals surface area contributed by atoms with E-state index in [0.29, 0.717) is 13.2 Å². The molecular weight excluding hydrogens is 857 g/mol. The maximum atomic E-state index is 6.82. The predicted molar refractivity (Wildman–Crippen MR) is 298 cm³/mol. The fourth-order valence-electron chi connectivity index (χ4n) is 9.07. The maximum Gasteiger partial charge on any atom is 0.162 e. The predicted octanol–water partition coefficient (Wildman–Crippen LogP) is 20.7. The quantitative estimate of drug-likeness (QED) is 0.0342. The number of hydrogen-bond donors (Lipinski definition) is 0. The Kier molecular flexibility index (Phi) is 54.7. The Hall–Kier alpha value is -1.44. The van der Waals surface area contributed by atoms with Gasteiger partial charge < -0.3 is 33.2 Å². The molecule has 0 radical (unpaired) electrons. The molecule has 0 aliphatic rings. The molecule has 2 unspecified atom stereocenters. The highest BCUT2D eigenvalue weighted by molar-refractivity contribution is 5.09. The van der Waals surface area contributed by atoms with Gasteiger partial charge in [0, 0.05) is 12.8 Å². The van der Waals surface area contributed by atoms with Crippen molar-refractivity contribution in [3.05, 3.63) is 23.0 Å². The first kappa shape index (κ1) is 67.6. The van der Waals surface area contributed by atoms with Crippen molar-refractivity contribution >= 4 is 0 Å². The third-order valence-corrected chi connectivity index (χ3v) is 13.5. The van der Waals surface area contributed by atoms with E-state index >= 15 is 0 Å². The lowest BCUT2D eigenvalue weighted by Gasteiger charge is -2.26. The molecule has 0 fully saturated rings. The summed E-state index contributed by atoms with van der Waals surface area (Å²) in [5.74, 6) is 3.80. The van der Waals surface area contributed by atoms with Crippen LogP contribution >= 0.6 is 0 Å². The molecule has 7 heteroatoms. The molecule has 69 heavy (non-hydrogen) atoms. The molecule has 0 amide bonds. The van der Waals surface area contributed by atoms with Crippen LogP contribution in [0.15, 0.2) is 23.0 Å². The van der Waals surface area contributed by atoms with Crippen molar-refractivity contribution in [2.24, 2.45) is 0 Å². The second-order valence-electron chi connectivity index (χ2n) is 20.4. The SMILES string of the molecule is CCCCCCCCCOC(CCC)=C(OCCCCCCCCC)C(CCCCCC)OCOCOC(CCCCCC)C(OCCCCCCCCC)=C(CCC)OCCCCCCCCC. The van der Waals surface area contributed by atoms with Gasteiger partial charge in [0.2, 0.25) is 0 Å². The monoisotopic (exact) mass is 979 g/mol. The van der Waals surface area contributed by atoms with E-state index in [1.54, 1.807) is 0 Å². The maximum absolute atomic E-state index is 6.82. The summed E-state index contributed by atoms with van der Waals surface area (Å²) in [4.78, 5) is 0. The van der Waals surface area contributed by atoms with Crippen molar-refractivity contribution in [2.75, 3.05) is 40.0 Å². The molecule has 0 spiro atoms. The molecule has 0 aliphatic heterocycles. The molecule has 0 bridgehead atoms. The van der Waals surface area contributed by atoms with Crippen molar-refractivity contribution in [1.82, 2.24) is 0 Å². The van der Waals surface area contributed by atoms with Gasteiger partial charge in [-0.1, -0.05) is 261 Å². The van der Waals surface area contributed by atoms with Crippen LogP contribution in [0.3, 0.4) is 0 Å². The summed E-state index contributed by atoms with van der Waals surface area (Å²) in [6.07, 6.45) is 49.8. The molecule has 2 atom stereocenters. The minimum atomic E-state index is -0.219. The molecule has 0 aromatic heterocycles. The van der Waals surface area contributed by atoms with Crippen molar-refractivity contribution in [3.8, 4) is 0 Å². The lowest BCUT2D eigenvalue weighted by atomic mass is 10.1. The van der Waals surface area contributed by atoms with Crippen LogP contribution in [0, 0.1) is 0 Å². The molecule has 412 valence electrons. The van der Waals surface area contributed by atoms with E-state index in [2.05, 4.69) is 55.4 Å². The van der Waals surface area contributed by atoms with Crippen LogP contribution in [0.4, 0.5) is 0 Å². The third kappa shape index (κ3) is 42.7. The van der Waals surface area contributed by atoms with E-state index in [9.17, 15) is 0 Å². The van der Waals surface area contributed by atoms with Gasteiger partial charge in [-0.3, -0.25) is 0 Å². The largest absolute Gasteiger partial charge is 0.494 e. The Bertz CT molecular complexity index is 993. The summed E-state index contributed by atoms with van der Waals surface area (Å²) in [5, 5.41) is 0. The highest BCUT2D eigenvalue weighted by atomic mass is 16.7. The molecular formula is C62H122O7. The van der Waals surface area contributed by atoms with Crippen LogP contribution in [0.2, 0.25) is 0 Å². The smallest absolute Gasteiger partial charge is 0.162 e. The van der Waals surface area contributed by atoms with Crippen LogP contribution in [0.1, 0.15) is 325 Å². The average Bonchev–Trinajstić information content (AvgIpc) is 3.35. The molecule has 0 aromatic rings. The van der Waals surface area contributed by atoms with E-state index in [0.717, 1.165) is 113 Å². The van der Waals surface area contributed by atoms with Crippen molar-refractivity contribution in [2.45, 2.75) is 337 Å². The minimum Gasteiger partial charge on any atom is -0.494 e. The number of unbranched alkanes of at least 4 members (excludes halogenated alkanes) is 30. The lowest BCUT2D eigenvalue weighted by Crippen LogP contribution is -2.25. The number of hydrogen-bond acceptors (Lipinski definition) is 7. The van der Waals surface area contributed by atoms with Crippen molar-refractivity contribution < 1.29 is 33.2 Å². The molecule has 0 aliphatic carbocycles. The third-order valence-electron chi connectivity index (χ3n) is 13.5. The first-order valence-corrected chi connectivity index (χ1v) is 30.9. The van der Waals surface area contributed by atoms with Crippen LogP contribution in [-0.4, -0.2) is 52.2 Å². The highest BCUT2D eigenvalue weighted by Crippen LogP contribution is 2.28. The van der Waals surface area contributed by atoms with Gasteiger partial charge in [-0.15, -0.1) is 0 Å². The second-order valence-corrected chi connectivity index (χ2v) is 20.4. The Morgan fingerprint density at radius 3 is 0.783 bits per heavy atom. The van der Waals surface area contributed by atoms with Gasteiger partial charge in [0.15, 0.2) is 25.1 Å². The normalized spacial score (nSPS) is 13.3. The summed E-state index contributed by atoms with van der Waals surface area (Å²) in [6, 6.07) is 0. The Morgan fingerprint density at radius 2 is 0.507 bits per heavy atom. The fraction of sp³-hybridized carbons (Fsp3) is 0.935. The molecule has 7 nitrogen and oxygen atoms in total. The zero-order valence-electron chi connectivity index (χ0n) is 48.0. The Labute approximate surface area is 431 Å². The molecule has 0 heterocycles. The molecule has 0 aromatic carbocycles. The average molecular weight is 980 g/mol. The summed E-state index contributed by atoms with van der Waals surface area (Å²) in [5.41, 5.74) is 0. The van der Waals surface area contributed by atoms with Gasteiger partial charge in [0.25, 0.3) is 0 Å². The Balaban J connectivity index is 6.34. The van der Waals surface area contributed by atoms with E-state index in [4.69, 9.17) is 33.2 Å². The van der Waals surface area contributed by atoms with Crippen LogP contribution in [0.25, 0.3) is 0 Å². The van der Waals surface area contributed by atoms with Gasteiger partial charge >= 0.3 is 0 Å². The minimum absolute atomic E-state index is 0.136. The molecule has 0 rings (SSSR count). The molecule has 0 N–H and O–H groups in total.